The molecule has 1 aromatic heterocycles. The fraction of sp³-hybridized carbons (Fsp3) is 0.400. The quantitative estimate of drug-likeness (QED) is 0.702. The molecule has 0 saturated heterocycles. The lowest BCUT2D eigenvalue weighted by atomic mass is 10.1. The third-order valence-electron chi connectivity index (χ3n) is 1.98. The molecule has 0 unspecified atom stereocenters. The molecule has 0 spiro atoms. The van der Waals surface area contributed by atoms with E-state index in [1.54, 1.807) is 0 Å². The predicted molar refractivity (Wildman–Crippen MR) is 52.2 cm³/mol. The number of ether oxygens (including phenoxy) is 1. The van der Waals surface area contributed by atoms with Crippen molar-refractivity contribution >= 4 is 5.97 Å². The topological polar surface area (TPSA) is 79.7 Å². The van der Waals surface area contributed by atoms with Gasteiger partial charge in [-0.25, -0.2) is 9.78 Å². The minimum absolute atomic E-state index is 0.106. The van der Waals surface area contributed by atoms with Gasteiger partial charge in [-0.2, -0.15) is 0 Å². The number of rotatable bonds is 3. The van der Waals surface area contributed by atoms with E-state index in [0.29, 0.717) is 5.56 Å². The maximum Gasteiger partial charge on any atom is 0.356 e. The van der Waals surface area contributed by atoms with Gasteiger partial charge in [-0.1, -0.05) is 0 Å². The Kier molecular flexibility index (Phi) is 3.76. The van der Waals surface area contributed by atoms with Gasteiger partial charge in [0, 0.05) is 6.20 Å². The van der Waals surface area contributed by atoms with Crippen molar-refractivity contribution in [2.45, 2.75) is 19.1 Å². The van der Waals surface area contributed by atoms with Crippen LogP contribution in [-0.4, -0.2) is 34.4 Å². The van der Waals surface area contributed by atoms with Gasteiger partial charge in [-0.3, -0.25) is 0 Å². The first-order valence-corrected chi connectivity index (χ1v) is 4.46. The van der Waals surface area contributed by atoms with E-state index in [1.807, 2.05) is 0 Å². The van der Waals surface area contributed by atoms with E-state index in [4.69, 9.17) is 0 Å². The van der Waals surface area contributed by atoms with Gasteiger partial charge in [0.05, 0.1) is 13.2 Å². The average Bonchev–Trinajstić information content (AvgIpc) is 2.27. The maximum atomic E-state index is 11.1. The number of hydrogen-bond donors (Lipinski definition) is 2. The number of carbonyl (C=O) groups excluding carboxylic acids is 1. The van der Waals surface area contributed by atoms with E-state index in [9.17, 15) is 15.0 Å². The summed E-state index contributed by atoms with van der Waals surface area (Å²) in [6, 6.07) is 2.92. The molecule has 2 N–H and O–H groups in total. The number of aromatic nitrogens is 1. The smallest absolute Gasteiger partial charge is 0.356 e. The molecule has 0 saturated carbocycles. The van der Waals surface area contributed by atoms with Crippen LogP contribution in [0.5, 0.6) is 0 Å². The van der Waals surface area contributed by atoms with Gasteiger partial charge in [0.1, 0.15) is 11.8 Å². The van der Waals surface area contributed by atoms with Crippen LogP contribution in [0.4, 0.5) is 0 Å². The fourth-order valence-electron chi connectivity index (χ4n) is 1.13. The second kappa shape index (κ2) is 4.86. The van der Waals surface area contributed by atoms with Gasteiger partial charge in [-0.05, 0) is 24.6 Å². The number of pyridine rings is 1. The third-order valence-corrected chi connectivity index (χ3v) is 1.98. The Morgan fingerprint density at radius 1 is 1.53 bits per heavy atom. The van der Waals surface area contributed by atoms with E-state index in [-0.39, 0.29) is 5.69 Å². The summed E-state index contributed by atoms with van der Waals surface area (Å²) in [6.07, 6.45) is -0.554. The number of nitrogens with zero attached hydrogens (tertiary/aromatic N) is 1. The summed E-state index contributed by atoms with van der Waals surface area (Å²) in [4.78, 5) is 14.9. The number of aliphatic hydroxyl groups is 2. The minimum atomic E-state index is -1.03. The van der Waals surface area contributed by atoms with Gasteiger partial charge in [0.2, 0.25) is 0 Å². The lowest BCUT2D eigenvalue weighted by molar-refractivity contribution is 0.0303. The highest BCUT2D eigenvalue weighted by Gasteiger charge is 2.16. The number of esters is 1. The zero-order valence-electron chi connectivity index (χ0n) is 8.54. The fourth-order valence-corrected chi connectivity index (χ4v) is 1.13. The van der Waals surface area contributed by atoms with Crippen molar-refractivity contribution < 1.29 is 19.7 Å². The van der Waals surface area contributed by atoms with Crippen LogP contribution in [0.1, 0.15) is 29.1 Å². The molecule has 0 amide bonds. The molecular weight excluding hydrogens is 198 g/mol. The first kappa shape index (κ1) is 11.6. The van der Waals surface area contributed by atoms with Gasteiger partial charge in [-0.15, -0.1) is 0 Å². The Labute approximate surface area is 87.3 Å². The highest BCUT2D eigenvalue weighted by Crippen LogP contribution is 2.16. The summed E-state index contributed by atoms with van der Waals surface area (Å²) in [5, 5.41) is 18.7. The van der Waals surface area contributed by atoms with Crippen molar-refractivity contribution in [3.8, 4) is 0 Å². The summed E-state index contributed by atoms with van der Waals surface area (Å²) in [5.74, 6) is -0.574. The first-order valence-electron chi connectivity index (χ1n) is 4.46. The number of methoxy groups -OCH3 is 1. The molecule has 0 aliphatic carbocycles. The molecule has 5 nitrogen and oxygen atoms in total. The van der Waals surface area contributed by atoms with Crippen molar-refractivity contribution in [1.82, 2.24) is 4.98 Å². The van der Waals surface area contributed by atoms with Crippen LogP contribution in [0, 0.1) is 0 Å². The van der Waals surface area contributed by atoms with Gasteiger partial charge < -0.3 is 14.9 Å². The summed E-state index contributed by atoms with van der Waals surface area (Å²) < 4.78 is 4.49. The van der Waals surface area contributed by atoms with Crippen LogP contribution in [0.3, 0.4) is 0 Å². The first-order chi connectivity index (χ1) is 7.06. The zero-order chi connectivity index (χ0) is 11.4. The normalized spacial score (nSPS) is 14.4. The molecule has 0 radical (unpaired) electrons. The molecule has 1 rings (SSSR count). The van der Waals surface area contributed by atoms with Crippen LogP contribution < -0.4 is 0 Å². The molecule has 0 aliphatic rings. The lowest BCUT2D eigenvalue weighted by Crippen LogP contribution is -2.15. The molecule has 82 valence electrons. The predicted octanol–water partition coefficient (Wildman–Crippen LogP) is 0.282. The van der Waals surface area contributed by atoms with Gasteiger partial charge in [0.15, 0.2) is 0 Å². The van der Waals surface area contributed by atoms with E-state index >= 15 is 0 Å². The number of aliphatic hydroxyl groups excluding tert-OH is 2. The third kappa shape index (κ3) is 2.74. The van der Waals surface area contributed by atoms with Crippen molar-refractivity contribution in [2.24, 2.45) is 0 Å². The van der Waals surface area contributed by atoms with Crippen LogP contribution in [0.2, 0.25) is 0 Å². The second-order valence-corrected chi connectivity index (χ2v) is 3.15. The maximum absolute atomic E-state index is 11.1. The Bertz CT molecular complexity index is 351. The standard InChI is InChI=1S/C10H13NO4/c1-6(12)9(13)7-3-4-11-8(5-7)10(14)15-2/h3-6,9,12-13H,1-2H3/t6-,9+/m0/s1. The summed E-state index contributed by atoms with van der Waals surface area (Å²) >= 11 is 0. The van der Waals surface area contributed by atoms with E-state index in [2.05, 4.69) is 9.72 Å². The molecule has 2 atom stereocenters. The molecule has 1 aromatic rings. The van der Waals surface area contributed by atoms with E-state index in [0.717, 1.165) is 0 Å². The Morgan fingerprint density at radius 3 is 2.73 bits per heavy atom. The Balaban J connectivity index is 2.97. The summed E-state index contributed by atoms with van der Waals surface area (Å²) in [7, 11) is 1.25. The van der Waals surface area contributed by atoms with Gasteiger partial charge >= 0.3 is 5.97 Å². The average molecular weight is 211 g/mol. The molecule has 5 heteroatoms. The SMILES string of the molecule is COC(=O)c1cc([C@H](O)[C@H](C)O)ccn1. The minimum Gasteiger partial charge on any atom is -0.464 e. The summed E-state index contributed by atoms with van der Waals surface area (Å²) in [5.41, 5.74) is 0.537. The molecule has 0 fully saturated rings. The molecular formula is C10H13NO4. The van der Waals surface area contributed by atoms with Crippen LogP contribution in [-0.2, 0) is 4.74 Å². The summed E-state index contributed by atoms with van der Waals surface area (Å²) in [6.45, 7) is 1.46. The second-order valence-electron chi connectivity index (χ2n) is 3.15. The monoisotopic (exact) mass is 211 g/mol. The largest absolute Gasteiger partial charge is 0.464 e. The van der Waals surface area contributed by atoms with Crippen molar-refractivity contribution in [1.29, 1.82) is 0 Å². The van der Waals surface area contributed by atoms with Crippen LogP contribution in [0.25, 0.3) is 0 Å². The lowest BCUT2D eigenvalue weighted by Gasteiger charge is -2.13. The Morgan fingerprint density at radius 2 is 2.20 bits per heavy atom. The highest BCUT2D eigenvalue weighted by atomic mass is 16.5. The van der Waals surface area contributed by atoms with Crippen LogP contribution >= 0.6 is 0 Å². The molecule has 0 aromatic carbocycles. The van der Waals surface area contributed by atoms with Crippen molar-refractivity contribution in [3.05, 3.63) is 29.6 Å². The van der Waals surface area contributed by atoms with Gasteiger partial charge in [0.25, 0.3) is 0 Å². The number of carbonyl (C=O) groups is 1. The van der Waals surface area contributed by atoms with Crippen molar-refractivity contribution in [2.75, 3.05) is 7.11 Å². The molecule has 0 bridgehead atoms. The van der Waals surface area contributed by atoms with Crippen LogP contribution in [0.15, 0.2) is 18.3 Å². The van der Waals surface area contributed by atoms with Crippen molar-refractivity contribution in [3.63, 3.8) is 0 Å². The van der Waals surface area contributed by atoms with E-state index < -0.39 is 18.2 Å². The molecule has 15 heavy (non-hydrogen) atoms. The molecule has 1 heterocycles. The Hall–Kier alpha value is -1.46. The number of hydrogen-bond acceptors (Lipinski definition) is 5. The molecule has 0 aliphatic heterocycles. The highest BCUT2D eigenvalue weighted by molar-refractivity contribution is 5.87. The van der Waals surface area contributed by atoms with E-state index in [1.165, 1.54) is 32.4 Å². The zero-order valence-corrected chi connectivity index (χ0v) is 8.54.